The molecule has 0 radical (unpaired) electrons. The van der Waals surface area contributed by atoms with E-state index in [-0.39, 0.29) is 11.4 Å². The summed E-state index contributed by atoms with van der Waals surface area (Å²) in [6, 6.07) is 7.82. The maximum atomic E-state index is 13.0. The standard InChI is InChI=1S/C17H12FN3O2S2/c1-21-16(22)12-6-7-24-15(12)20-17(21)25-9-14-19-8-13(23-14)10-2-4-11(18)5-3-10/h2-8H,9H2,1H3. The predicted molar refractivity (Wildman–Crippen MR) is 96.3 cm³/mol. The van der Waals surface area contributed by atoms with Gasteiger partial charge in [-0.15, -0.1) is 11.3 Å². The molecule has 0 saturated heterocycles. The fraction of sp³-hybridized carbons (Fsp3) is 0.118. The van der Waals surface area contributed by atoms with Crippen LogP contribution in [0, 0.1) is 5.82 Å². The first-order valence-corrected chi connectivity index (χ1v) is 9.26. The van der Waals surface area contributed by atoms with Gasteiger partial charge in [0.05, 0.1) is 17.3 Å². The molecule has 3 aromatic heterocycles. The van der Waals surface area contributed by atoms with Gasteiger partial charge in [0.2, 0.25) is 5.89 Å². The predicted octanol–water partition coefficient (Wildman–Crippen LogP) is 4.08. The summed E-state index contributed by atoms with van der Waals surface area (Å²) in [5.41, 5.74) is 0.698. The zero-order chi connectivity index (χ0) is 17.4. The number of halogens is 1. The molecule has 0 fully saturated rings. The number of nitrogens with zero attached hydrogens (tertiary/aromatic N) is 3. The highest BCUT2D eigenvalue weighted by Gasteiger charge is 2.12. The van der Waals surface area contributed by atoms with Gasteiger partial charge in [-0.25, -0.2) is 14.4 Å². The van der Waals surface area contributed by atoms with Crippen molar-refractivity contribution in [2.24, 2.45) is 7.05 Å². The lowest BCUT2D eigenvalue weighted by Crippen LogP contribution is -2.19. The normalized spacial score (nSPS) is 11.3. The van der Waals surface area contributed by atoms with Crippen LogP contribution >= 0.6 is 23.1 Å². The molecule has 4 rings (SSSR count). The van der Waals surface area contributed by atoms with Crippen LogP contribution < -0.4 is 5.56 Å². The molecule has 0 aliphatic heterocycles. The molecule has 4 aromatic rings. The smallest absolute Gasteiger partial charge is 0.262 e. The minimum Gasteiger partial charge on any atom is -0.440 e. The number of hydrogen-bond donors (Lipinski definition) is 0. The summed E-state index contributed by atoms with van der Waals surface area (Å²) >= 11 is 2.83. The number of thiophene rings is 1. The number of thioether (sulfide) groups is 1. The van der Waals surface area contributed by atoms with Crippen LogP contribution in [-0.2, 0) is 12.8 Å². The summed E-state index contributed by atoms with van der Waals surface area (Å²) < 4.78 is 20.2. The minimum atomic E-state index is -0.296. The molecule has 0 bridgehead atoms. The lowest BCUT2D eigenvalue weighted by Gasteiger charge is -2.05. The Morgan fingerprint density at radius 3 is 2.88 bits per heavy atom. The molecule has 0 saturated carbocycles. The van der Waals surface area contributed by atoms with Crippen molar-refractivity contribution in [1.29, 1.82) is 0 Å². The zero-order valence-corrected chi connectivity index (χ0v) is 14.7. The molecule has 0 unspecified atom stereocenters. The second-order valence-electron chi connectivity index (χ2n) is 5.31. The Bertz CT molecular complexity index is 1100. The summed E-state index contributed by atoms with van der Waals surface area (Å²) in [4.78, 5) is 21.8. The van der Waals surface area contributed by atoms with E-state index < -0.39 is 0 Å². The molecule has 126 valence electrons. The van der Waals surface area contributed by atoms with Gasteiger partial charge in [0.15, 0.2) is 10.9 Å². The first-order chi connectivity index (χ1) is 12.1. The van der Waals surface area contributed by atoms with Crippen molar-refractivity contribution in [3.8, 4) is 11.3 Å². The minimum absolute atomic E-state index is 0.0619. The van der Waals surface area contributed by atoms with E-state index in [0.29, 0.717) is 27.9 Å². The molecular formula is C17H12FN3O2S2. The number of rotatable bonds is 4. The van der Waals surface area contributed by atoms with Crippen LogP contribution in [0.5, 0.6) is 0 Å². The number of oxazole rings is 1. The second-order valence-corrected chi connectivity index (χ2v) is 7.15. The van der Waals surface area contributed by atoms with E-state index >= 15 is 0 Å². The lowest BCUT2D eigenvalue weighted by atomic mass is 10.2. The van der Waals surface area contributed by atoms with Crippen molar-refractivity contribution >= 4 is 33.3 Å². The van der Waals surface area contributed by atoms with E-state index in [0.717, 1.165) is 10.4 Å². The molecule has 0 aliphatic rings. The number of hydrogen-bond acceptors (Lipinski definition) is 6. The third kappa shape index (κ3) is 3.10. The first kappa shape index (κ1) is 16.0. The Morgan fingerprint density at radius 2 is 2.08 bits per heavy atom. The SMILES string of the molecule is Cn1c(SCc2ncc(-c3ccc(F)cc3)o2)nc2sccc2c1=O. The molecule has 0 spiro atoms. The molecule has 1 aromatic carbocycles. The Balaban J connectivity index is 1.55. The van der Waals surface area contributed by atoms with Gasteiger partial charge in [0.25, 0.3) is 5.56 Å². The summed E-state index contributed by atoms with van der Waals surface area (Å²) in [6.07, 6.45) is 1.61. The van der Waals surface area contributed by atoms with Crippen LogP contribution in [0.2, 0.25) is 0 Å². The third-order valence-corrected chi connectivity index (χ3v) is 5.49. The molecule has 0 amide bonds. The second kappa shape index (κ2) is 6.45. The summed E-state index contributed by atoms with van der Waals surface area (Å²) in [5.74, 6) is 1.24. The maximum Gasteiger partial charge on any atom is 0.262 e. The summed E-state index contributed by atoms with van der Waals surface area (Å²) in [5, 5.41) is 3.10. The molecule has 25 heavy (non-hydrogen) atoms. The first-order valence-electron chi connectivity index (χ1n) is 7.39. The Morgan fingerprint density at radius 1 is 1.28 bits per heavy atom. The molecule has 3 heterocycles. The fourth-order valence-corrected chi connectivity index (χ4v) is 3.99. The van der Waals surface area contributed by atoms with E-state index in [1.165, 1.54) is 39.8 Å². The van der Waals surface area contributed by atoms with Gasteiger partial charge >= 0.3 is 0 Å². The quantitative estimate of drug-likeness (QED) is 0.398. The van der Waals surface area contributed by atoms with Gasteiger partial charge in [-0.05, 0) is 35.7 Å². The highest BCUT2D eigenvalue weighted by molar-refractivity contribution is 7.98. The molecule has 0 aliphatic carbocycles. The molecule has 5 nitrogen and oxygen atoms in total. The van der Waals surface area contributed by atoms with E-state index in [2.05, 4.69) is 9.97 Å². The van der Waals surface area contributed by atoms with E-state index in [1.54, 1.807) is 31.4 Å². The average Bonchev–Trinajstić information content (AvgIpc) is 3.27. The van der Waals surface area contributed by atoms with Crippen molar-refractivity contribution in [3.05, 3.63) is 64.0 Å². The van der Waals surface area contributed by atoms with Crippen LogP contribution in [0.1, 0.15) is 5.89 Å². The van der Waals surface area contributed by atoms with Crippen LogP contribution in [0.3, 0.4) is 0 Å². The zero-order valence-electron chi connectivity index (χ0n) is 13.1. The van der Waals surface area contributed by atoms with Gasteiger partial charge in [-0.3, -0.25) is 9.36 Å². The number of aromatic nitrogens is 3. The van der Waals surface area contributed by atoms with Gasteiger partial charge in [0, 0.05) is 12.6 Å². The number of fused-ring (bicyclic) bond motifs is 1. The molecule has 8 heteroatoms. The van der Waals surface area contributed by atoms with Crippen molar-refractivity contribution < 1.29 is 8.81 Å². The van der Waals surface area contributed by atoms with Crippen molar-refractivity contribution in [3.63, 3.8) is 0 Å². The van der Waals surface area contributed by atoms with Crippen LogP contribution in [-0.4, -0.2) is 14.5 Å². The third-order valence-electron chi connectivity index (χ3n) is 3.67. The van der Waals surface area contributed by atoms with Crippen molar-refractivity contribution in [1.82, 2.24) is 14.5 Å². The highest BCUT2D eigenvalue weighted by atomic mass is 32.2. The highest BCUT2D eigenvalue weighted by Crippen LogP contribution is 2.26. The van der Waals surface area contributed by atoms with E-state index in [4.69, 9.17) is 4.42 Å². The van der Waals surface area contributed by atoms with Crippen molar-refractivity contribution in [2.45, 2.75) is 10.9 Å². The Labute approximate surface area is 150 Å². The summed E-state index contributed by atoms with van der Waals surface area (Å²) in [6.45, 7) is 0. The largest absolute Gasteiger partial charge is 0.440 e. The van der Waals surface area contributed by atoms with Crippen LogP contribution in [0.25, 0.3) is 21.5 Å². The monoisotopic (exact) mass is 373 g/mol. The Kier molecular flexibility index (Phi) is 4.14. The molecular weight excluding hydrogens is 361 g/mol. The molecule has 0 N–H and O–H groups in total. The molecule has 0 atom stereocenters. The van der Waals surface area contributed by atoms with Gasteiger partial charge < -0.3 is 4.42 Å². The fourth-order valence-electron chi connectivity index (χ4n) is 2.36. The number of benzene rings is 1. The maximum absolute atomic E-state index is 13.0. The lowest BCUT2D eigenvalue weighted by molar-refractivity contribution is 0.529. The van der Waals surface area contributed by atoms with E-state index in [9.17, 15) is 9.18 Å². The van der Waals surface area contributed by atoms with E-state index in [1.807, 2.05) is 5.38 Å². The van der Waals surface area contributed by atoms with Crippen molar-refractivity contribution in [2.75, 3.05) is 0 Å². The van der Waals surface area contributed by atoms with Gasteiger partial charge in [-0.1, -0.05) is 11.8 Å². The van der Waals surface area contributed by atoms with Crippen LogP contribution in [0.15, 0.2) is 56.3 Å². The van der Waals surface area contributed by atoms with Gasteiger partial charge in [-0.2, -0.15) is 0 Å². The van der Waals surface area contributed by atoms with Crippen LogP contribution in [0.4, 0.5) is 4.39 Å². The average molecular weight is 373 g/mol. The van der Waals surface area contributed by atoms with Gasteiger partial charge in [0.1, 0.15) is 10.6 Å². The topological polar surface area (TPSA) is 60.9 Å². The Hall–Kier alpha value is -2.45. The summed E-state index contributed by atoms with van der Waals surface area (Å²) in [7, 11) is 1.70.